The van der Waals surface area contributed by atoms with Crippen molar-refractivity contribution in [3.8, 4) is 0 Å². The molecule has 0 aliphatic heterocycles. The normalized spacial score (nSPS) is 12.1. The molecular formula is C10H15N3OS2. The number of rotatable bonds is 6. The van der Waals surface area contributed by atoms with Crippen LogP contribution in [-0.2, 0) is 11.2 Å². The third-order valence-corrected chi connectivity index (χ3v) is 3.31. The number of nitrogens with zero attached hydrogens (tertiary/aromatic N) is 1. The largest absolute Gasteiger partial charge is 0.393 e. The van der Waals surface area contributed by atoms with Crippen LogP contribution in [0.4, 0.5) is 0 Å². The Bertz CT molecular complexity index is 351. The maximum atomic E-state index is 11.6. The molecule has 0 radical (unpaired) electrons. The molecule has 1 atom stereocenters. The fourth-order valence-electron chi connectivity index (χ4n) is 1.31. The van der Waals surface area contributed by atoms with Crippen LogP contribution >= 0.6 is 23.6 Å². The smallest absolute Gasteiger partial charge is 0.229 e. The van der Waals surface area contributed by atoms with Crippen molar-refractivity contribution in [3.63, 3.8) is 0 Å². The van der Waals surface area contributed by atoms with Gasteiger partial charge in [-0.2, -0.15) is 0 Å². The van der Waals surface area contributed by atoms with Crippen LogP contribution in [0.25, 0.3) is 0 Å². The molecule has 1 aromatic heterocycles. The Kier molecular flexibility index (Phi) is 5.34. The molecule has 6 heteroatoms. The van der Waals surface area contributed by atoms with Gasteiger partial charge >= 0.3 is 0 Å². The van der Waals surface area contributed by atoms with Gasteiger partial charge in [0.05, 0.1) is 15.9 Å². The van der Waals surface area contributed by atoms with Crippen LogP contribution in [0.2, 0.25) is 0 Å². The van der Waals surface area contributed by atoms with E-state index in [1.54, 1.807) is 17.5 Å². The number of amides is 1. The molecule has 0 spiro atoms. The Labute approximate surface area is 104 Å². The van der Waals surface area contributed by atoms with Crippen molar-refractivity contribution in [3.05, 3.63) is 16.6 Å². The predicted octanol–water partition coefficient (Wildman–Crippen LogP) is 1.11. The van der Waals surface area contributed by atoms with Gasteiger partial charge < -0.3 is 11.1 Å². The van der Waals surface area contributed by atoms with Gasteiger partial charge in [0.2, 0.25) is 5.91 Å². The Morgan fingerprint density at radius 3 is 3.00 bits per heavy atom. The van der Waals surface area contributed by atoms with E-state index in [4.69, 9.17) is 18.0 Å². The van der Waals surface area contributed by atoms with Crippen molar-refractivity contribution < 1.29 is 4.79 Å². The number of hydrogen-bond donors (Lipinski definition) is 2. The van der Waals surface area contributed by atoms with Crippen molar-refractivity contribution in [1.29, 1.82) is 0 Å². The van der Waals surface area contributed by atoms with Crippen LogP contribution in [0.15, 0.2) is 11.6 Å². The van der Waals surface area contributed by atoms with Gasteiger partial charge in [0, 0.05) is 24.5 Å². The highest BCUT2D eigenvalue weighted by Crippen LogP contribution is 2.05. The van der Waals surface area contributed by atoms with Crippen molar-refractivity contribution >= 4 is 34.5 Å². The zero-order valence-corrected chi connectivity index (χ0v) is 10.7. The van der Waals surface area contributed by atoms with Crippen LogP contribution in [0.3, 0.4) is 0 Å². The van der Waals surface area contributed by atoms with E-state index in [9.17, 15) is 4.79 Å². The van der Waals surface area contributed by atoms with Gasteiger partial charge in [-0.05, 0) is 6.42 Å². The summed E-state index contributed by atoms with van der Waals surface area (Å²) in [6.45, 7) is 2.47. The fourth-order valence-corrected chi connectivity index (χ4v) is 2.20. The van der Waals surface area contributed by atoms with Gasteiger partial charge in [-0.1, -0.05) is 19.1 Å². The molecule has 4 nitrogen and oxygen atoms in total. The summed E-state index contributed by atoms with van der Waals surface area (Å²) >= 11 is 6.41. The topological polar surface area (TPSA) is 68.0 Å². The molecule has 1 aromatic rings. The molecule has 0 aromatic carbocycles. The second-order valence-corrected chi connectivity index (χ2v) is 4.78. The van der Waals surface area contributed by atoms with Gasteiger partial charge in [0.15, 0.2) is 0 Å². The summed E-state index contributed by atoms with van der Waals surface area (Å²) in [6.07, 6.45) is 3.14. The second kappa shape index (κ2) is 6.55. The molecule has 1 heterocycles. The standard InChI is InChI=1S/C10H15N3OS2/c1-2-7(9(11)15)10(14)13-4-3-8-12-5-6-16-8/h5-7H,2-4H2,1H3,(H2,11,15)(H,13,14). The zero-order valence-electron chi connectivity index (χ0n) is 9.10. The van der Waals surface area contributed by atoms with E-state index in [0.717, 1.165) is 11.4 Å². The molecule has 0 saturated carbocycles. The molecule has 88 valence electrons. The highest BCUT2D eigenvalue weighted by molar-refractivity contribution is 7.80. The lowest BCUT2D eigenvalue weighted by molar-refractivity contribution is -0.123. The first kappa shape index (κ1) is 13.1. The van der Waals surface area contributed by atoms with E-state index in [0.29, 0.717) is 13.0 Å². The lowest BCUT2D eigenvalue weighted by atomic mass is 10.1. The lowest BCUT2D eigenvalue weighted by Gasteiger charge is -2.12. The second-order valence-electron chi connectivity index (χ2n) is 3.33. The summed E-state index contributed by atoms with van der Waals surface area (Å²) in [4.78, 5) is 16.0. The number of nitrogens with one attached hydrogen (secondary N) is 1. The quantitative estimate of drug-likeness (QED) is 0.749. The third-order valence-electron chi connectivity index (χ3n) is 2.19. The zero-order chi connectivity index (χ0) is 12.0. The first-order valence-corrected chi connectivity index (χ1v) is 6.39. The Balaban J connectivity index is 2.32. The van der Waals surface area contributed by atoms with E-state index in [2.05, 4.69) is 10.3 Å². The summed E-state index contributed by atoms with van der Waals surface area (Å²) in [5.41, 5.74) is 5.47. The molecule has 16 heavy (non-hydrogen) atoms. The minimum Gasteiger partial charge on any atom is -0.393 e. The van der Waals surface area contributed by atoms with Gasteiger partial charge in [0.25, 0.3) is 0 Å². The van der Waals surface area contributed by atoms with Gasteiger partial charge in [-0.3, -0.25) is 4.79 Å². The molecule has 0 aliphatic rings. The predicted molar refractivity (Wildman–Crippen MR) is 69.4 cm³/mol. The number of carbonyl (C=O) groups is 1. The average Bonchev–Trinajstić information content (AvgIpc) is 2.71. The molecule has 1 amide bonds. The molecule has 0 saturated heterocycles. The molecule has 1 rings (SSSR count). The first-order valence-electron chi connectivity index (χ1n) is 5.10. The first-order chi connectivity index (χ1) is 7.65. The highest BCUT2D eigenvalue weighted by Gasteiger charge is 2.18. The van der Waals surface area contributed by atoms with E-state index in [-0.39, 0.29) is 16.8 Å². The summed E-state index contributed by atoms with van der Waals surface area (Å²) < 4.78 is 0. The number of carbonyl (C=O) groups excluding carboxylic acids is 1. The van der Waals surface area contributed by atoms with Crippen molar-refractivity contribution in [2.24, 2.45) is 11.7 Å². The number of aromatic nitrogens is 1. The van der Waals surface area contributed by atoms with Crippen LogP contribution in [-0.4, -0.2) is 22.4 Å². The maximum absolute atomic E-state index is 11.6. The number of thiazole rings is 1. The Hall–Kier alpha value is -1.01. The summed E-state index contributed by atoms with van der Waals surface area (Å²) in [6, 6.07) is 0. The molecule has 1 unspecified atom stereocenters. The van der Waals surface area contributed by atoms with Gasteiger partial charge in [-0.25, -0.2) is 4.98 Å². The third kappa shape index (κ3) is 3.86. The molecule has 3 N–H and O–H groups in total. The van der Waals surface area contributed by atoms with Gasteiger partial charge in [0.1, 0.15) is 0 Å². The van der Waals surface area contributed by atoms with Crippen LogP contribution in [0.1, 0.15) is 18.4 Å². The minimum absolute atomic E-state index is 0.0912. The summed E-state index contributed by atoms with van der Waals surface area (Å²) in [5, 5.41) is 5.75. The number of thiocarbonyl (C=S) groups is 1. The number of hydrogen-bond acceptors (Lipinski definition) is 4. The monoisotopic (exact) mass is 257 g/mol. The van der Waals surface area contributed by atoms with Crippen LogP contribution in [0.5, 0.6) is 0 Å². The average molecular weight is 257 g/mol. The Morgan fingerprint density at radius 2 is 2.50 bits per heavy atom. The van der Waals surface area contributed by atoms with E-state index < -0.39 is 0 Å². The van der Waals surface area contributed by atoms with E-state index in [1.165, 1.54) is 0 Å². The van der Waals surface area contributed by atoms with Crippen LogP contribution in [0, 0.1) is 5.92 Å². The minimum atomic E-state index is -0.355. The molecular weight excluding hydrogens is 242 g/mol. The molecule has 0 fully saturated rings. The maximum Gasteiger partial charge on any atom is 0.229 e. The van der Waals surface area contributed by atoms with Crippen molar-refractivity contribution in [2.45, 2.75) is 19.8 Å². The summed E-state index contributed by atoms with van der Waals surface area (Å²) in [7, 11) is 0. The number of nitrogens with two attached hydrogens (primary N) is 1. The van der Waals surface area contributed by atoms with E-state index >= 15 is 0 Å². The molecule has 0 bridgehead atoms. The van der Waals surface area contributed by atoms with Crippen molar-refractivity contribution in [2.75, 3.05) is 6.54 Å². The lowest BCUT2D eigenvalue weighted by Crippen LogP contribution is -2.38. The van der Waals surface area contributed by atoms with Gasteiger partial charge in [-0.15, -0.1) is 11.3 Å². The van der Waals surface area contributed by atoms with Crippen molar-refractivity contribution in [1.82, 2.24) is 10.3 Å². The summed E-state index contributed by atoms with van der Waals surface area (Å²) in [5.74, 6) is -0.446. The Morgan fingerprint density at radius 1 is 1.75 bits per heavy atom. The van der Waals surface area contributed by atoms with E-state index in [1.807, 2.05) is 12.3 Å². The molecule has 0 aliphatic carbocycles. The SMILES string of the molecule is CCC(C(=O)NCCc1nccs1)C(N)=S. The highest BCUT2D eigenvalue weighted by atomic mass is 32.1. The fraction of sp³-hybridized carbons (Fsp3) is 0.500. The van der Waals surface area contributed by atoms with Crippen LogP contribution < -0.4 is 11.1 Å².